The van der Waals surface area contributed by atoms with E-state index in [9.17, 15) is 14.7 Å². The van der Waals surface area contributed by atoms with Crippen molar-refractivity contribution in [1.29, 1.82) is 0 Å². The summed E-state index contributed by atoms with van der Waals surface area (Å²) in [7, 11) is 1.50. The van der Waals surface area contributed by atoms with Crippen LogP contribution in [0.25, 0.3) is 0 Å². The van der Waals surface area contributed by atoms with Crippen molar-refractivity contribution in [3.05, 3.63) is 59.7 Å². The molecule has 0 bridgehead atoms. The van der Waals surface area contributed by atoms with Gasteiger partial charge >= 0.3 is 5.97 Å². The van der Waals surface area contributed by atoms with E-state index in [0.717, 1.165) is 42.3 Å². The number of fused-ring (bicyclic) bond motifs is 1. The molecular formula is C28H35N3O5. The van der Waals surface area contributed by atoms with Crippen LogP contribution in [0.3, 0.4) is 0 Å². The van der Waals surface area contributed by atoms with E-state index in [2.05, 4.69) is 15.6 Å². The van der Waals surface area contributed by atoms with Gasteiger partial charge in [-0.15, -0.1) is 0 Å². The Balaban J connectivity index is 1.25. The number of para-hydroxylation sites is 1. The molecular weight excluding hydrogens is 458 g/mol. The van der Waals surface area contributed by atoms with Crippen LogP contribution in [0.4, 0.5) is 5.69 Å². The number of ether oxygens (including phenoxy) is 2. The van der Waals surface area contributed by atoms with Gasteiger partial charge in [0.1, 0.15) is 23.6 Å². The van der Waals surface area contributed by atoms with E-state index < -0.39 is 24.0 Å². The van der Waals surface area contributed by atoms with E-state index in [0.29, 0.717) is 12.3 Å². The fraction of sp³-hybridized carbons (Fsp3) is 0.464. The Morgan fingerprint density at radius 3 is 2.58 bits per heavy atom. The topological polar surface area (TPSA) is 109 Å². The number of rotatable bonds is 12. The van der Waals surface area contributed by atoms with Crippen molar-refractivity contribution < 1.29 is 24.2 Å². The van der Waals surface area contributed by atoms with Gasteiger partial charge < -0.3 is 25.2 Å². The van der Waals surface area contributed by atoms with Crippen LogP contribution in [0.15, 0.2) is 53.5 Å². The Labute approximate surface area is 212 Å². The first kappa shape index (κ1) is 25.9. The molecule has 36 heavy (non-hydrogen) atoms. The van der Waals surface area contributed by atoms with Gasteiger partial charge in [0.2, 0.25) is 0 Å². The number of hydrogen-bond donors (Lipinski definition) is 3. The zero-order valence-electron chi connectivity index (χ0n) is 20.7. The molecule has 0 spiro atoms. The molecule has 3 N–H and O–H groups in total. The van der Waals surface area contributed by atoms with Crippen molar-refractivity contribution in [3.63, 3.8) is 0 Å². The average Bonchev–Trinajstić information content (AvgIpc) is 3.28. The molecule has 1 saturated heterocycles. The van der Waals surface area contributed by atoms with Crippen molar-refractivity contribution >= 4 is 23.3 Å². The molecule has 2 atom stereocenters. The van der Waals surface area contributed by atoms with E-state index in [-0.39, 0.29) is 12.1 Å². The molecule has 2 aromatic carbocycles. The summed E-state index contributed by atoms with van der Waals surface area (Å²) < 4.78 is 11.3. The molecule has 2 aromatic rings. The molecule has 0 radical (unpaired) electrons. The molecule has 1 unspecified atom stereocenters. The molecule has 2 aliphatic heterocycles. The van der Waals surface area contributed by atoms with Crippen LogP contribution < -0.4 is 15.4 Å². The molecule has 192 valence electrons. The number of nitrogens with one attached hydrogen (secondary N) is 2. The summed E-state index contributed by atoms with van der Waals surface area (Å²) in [4.78, 5) is 29.2. The highest BCUT2D eigenvalue weighted by Gasteiger charge is 2.33. The number of methoxy groups -OCH3 is 1. The molecule has 1 fully saturated rings. The van der Waals surface area contributed by atoms with Gasteiger partial charge in [0.05, 0.1) is 12.3 Å². The summed E-state index contributed by atoms with van der Waals surface area (Å²) in [5.74, 6) is -0.0559. The smallest absolute Gasteiger partial charge is 0.326 e. The lowest BCUT2D eigenvalue weighted by Crippen LogP contribution is -2.46. The summed E-state index contributed by atoms with van der Waals surface area (Å²) >= 11 is 0. The number of carbonyl (C=O) groups excluding carboxylic acids is 1. The highest BCUT2D eigenvalue weighted by molar-refractivity contribution is 6.42. The van der Waals surface area contributed by atoms with Crippen LogP contribution in [0.2, 0.25) is 0 Å². The van der Waals surface area contributed by atoms with Crippen LogP contribution in [0.1, 0.15) is 49.3 Å². The standard InChI is InChI=1S/C28H35N3O5/c1-35-26-22-7-2-3-8-23(22)30-25(26)27(32)31-24(28(33)34)18-20-9-11-21(12-10-20)36-17-5-4-6-19-13-15-29-16-14-19/h2-3,7-12,19,24,26,29H,4-6,13-18H2,1H3,(H,31,32)(H,33,34)/t24-,26?/m0/s1. The summed E-state index contributed by atoms with van der Waals surface area (Å²) in [5.41, 5.74) is 2.40. The van der Waals surface area contributed by atoms with E-state index in [1.807, 2.05) is 42.5 Å². The van der Waals surface area contributed by atoms with Crippen LogP contribution in [0.5, 0.6) is 5.75 Å². The van der Waals surface area contributed by atoms with Gasteiger partial charge in [0.25, 0.3) is 5.91 Å². The van der Waals surface area contributed by atoms with E-state index in [4.69, 9.17) is 9.47 Å². The number of nitrogens with zero attached hydrogens (tertiary/aromatic N) is 1. The SMILES string of the molecule is COC1C(C(=O)N[C@@H](Cc2ccc(OCCCCC3CCNCC3)cc2)C(=O)O)=Nc2ccccc21. The summed E-state index contributed by atoms with van der Waals surface area (Å²) in [6.45, 7) is 2.94. The van der Waals surface area contributed by atoms with Gasteiger partial charge in [0.15, 0.2) is 0 Å². The predicted molar refractivity (Wildman–Crippen MR) is 138 cm³/mol. The highest BCUT2D eigenvalue weighted by atomic mass is 16.5. The maximum atomic E-state index is 12.9. The number of aliphatic imine (C=N–C) groups is 1. The zero-order chi connectivity index (χ0) is 25.3. The molecule has 4 rings (SSSR count). The van der Waals surface area contributed by atoms with Gasteiger partial charge in [-0.05, 0) is 68.5 Å². The highest BCUT2D eigenvalue weighted by Crippen LogP contribution is 2.35. The molecule has 2 aliphatic rings. The van der Waals surface area contributed by atoms with Crippen molar-refractivity contribution in [2.24, 2.45) is 10.9 Å². The number of unbranched alkanes of at least 4 members (excludes halogenated alkanes) is 1. The zero-order valence-corrected chi connectivity index (χ0v) is 20.7. The van der Waals surface area contributed by atoms with Crippen molar-refractivity contribution in [2.75, 3.05) is 26.8 Å². The second kappa shape index (κ2) is 12.6. The van der Waals surface area contributed by atoms with Crippen molar-refractivity contribution in [1.82, 2.24) is 10.6 Å². The molecule has 1 amide bonds. The fourth-order valence-corrected chi connectivity index (χ4v) is 4.84. The normalized spacial score (nSPS) is 18.2. The third-order valence-electron chi connectivity index (χ3n) is 6.88. The fourth-order valence-electron chi connectivity index (χ4n) is 4.84. The Kier molecular flexibility index (Phi) is 9.08. The minimum Gasteiger partial charge on any atom is -0.494 e. The Morgan fingerprint density at radius 2 is 1.86 bits per heavy atom. The van der Waals surface area contributed by atoms with Crippen LogP contribution in [-0.4, -0.2) is 55.5 Å². The number of carbonyl (C=O) groups is 2. The molecule has 8 heteroatoms. The first-order valence-electron chi connectivity index (χ1n) is 12.7. The molecule has 2 heterocycles. The van der Waals surface area contributed by atoms with E-state index in [1.165, 1.54) is 32.8 Å². The number of carboxylic acid groups (broad SMARTS) is 1. The number of benzene rings is 2. The molecule has 0 saturated carbocycles. The average molecular weight is 494 g/mol. The summed E-state index contributed by atoms with van der Waals surface area (Å²) in [5, 5.41) is 15.7. The third-order valence-corrected chi connectivity index (χ3v) is 6.88. The van der Waals surface area contributed by atoms with Gasteiger partial charge in [0, 0.05) is 19.1 Å². The first-order chi connectivity index (χ1) is 17.5. The Bertz CT molecular complexity index is 1060. The molecule has 0 aliphatic carbocycles. The van der Waals surface area contributed by atoms with Gasteiger partial charge in [-0.2, -0.15) is 0 Å². The minimum absolute atomic E-state index is 0.148. The van der Waals surface area contributed by atoms with Gasteiger partial charge in [-0.3, -0.25) is 4.79 Å². The third kappa shape index (κ3) is 6.71. The largest absolute Gasteiger partial charge is 0.494 e. The lowest BCUT2D eigenvalue weighted by atomic mass is 9.93. The van der Waals surface area contributed by atoms with E-state index in [1.54, 1.807) is 6.07 Å². The van der Waals surface area contributed by atoms with E-state index >= 15 is 0 Å². The number of aliphatic carboxylic acids is 1. The lowest BCUT2D eigenvalue weighted by molar-refractivity contribution is -0.141. The summed E-state index contributed by atoms with van der Waals surface area (Å²) in [6, 6.07) is 13.6. The predicted octanol–water partition coefficient (Wildman–Crippen LogP) is 3.82. The van der Waals surface area contributed by atoms with Crippen molar-refractivity contribution in [3.8, 4) is 5.75 Å². The monoisotopic (exact) mass is 493 g/mol. The van der Waals surface area contributed by atoms with Crippen molar-refractivity contribution in [2.45, 2.75) is 50.7 Å². The Morgan fingerprint density at radius 1 is 1.11 bits per heavy atom. The minimum atomic E-state index is -1.11. The van der Waals surface area contributed by atoms with Crippen LogP contribution >= 0.6 is 0 Å². The quantitative estimate of drug-likeness (QED) is 0.388. The number of carboxylic acids is 1. The van der Waals surface area contributed by atoms with Crippen LogP contribution in [-0.2, 0) is 20.7 Å². The second-order valence-electron chi connectivity index (χ2n) is 9.42. The summed E-state index contributed by atoms with van der Waals surface area (Å²) in [6.07, 6.45) is 5.53. The first-order valence-corrected chi connectivity index (χ1v) is 12.7. The number of hydrogen-bond acceptors (Lipinski definition) is 6. The Hall–Kier alpha value is -3.23. The number of piperidine rings is 1. The maximum Gasteiger partial charge on any atom is 0.326 e. The second-order valence-corrected chi connectivity index (χ2v) is 9.42. The van der Waals surface area contributed by atoms with Crippen LogP contribution in [0, 0.1) is 5.92 Å². The molecule has 8 nitrogen and oxygen atoms in total. The maximum absolute atomic E-state index is 12.9. The number of amides is 1. The van der Waals surface area contributed by atoms with Gasteiger partial charge in [-0.25, -0.2) is 9.79 Å². The van der Waals surface area contributed by atoms with Gasteiger partial charge in [-0.1, -0.05) is 36.8 Å². The molecule has 0 aromatic heterocycles. The lowest BCUT2D eigenvalue weighted by Gasteiger charge is -2.22.